The number of hydrogen-bond acceptors (Lipinski definition) is 4. The van der Waals surface area contributed by atoms with Crippen molar-refractivity contribution < 1.29 is 17.9 Å². The van der Waals surface area contributed by atoms with Gasteiger partial charge in [-0.1, -0.05) is 13.8 Å². The molecule has 2 unspecified atom stereocenters. The third-order valence-corrected chi connectivity index (χ3v) is 4.81. The Labute approximate surface area is 126 Å². The summed E-state index contributed by atoms with van der Waals surface area (Å²) in [5.41, 5.74) is 0.877. The second-order valence-corrected chi connectivity index (χ2v) is 7.06. The van der Waals surface area contributed by atoms with E-state index in [2.05, 4.69) is 6.92 Å². The van der Waals surface area contributed by atoms with Crippen molar-refractivity contribution in [3.63, 3.8) is 0 Å². The SMILES string of the molecule is CCC(C)c1cc(S(N)(=O)=O)ccc1OCC1CCCO1. The zero-order valence-electron chi connectivity index (χ0n) is 12.5. The van der Waals surface area contributed by atoms with Crippen LogP contribution in [0.1, 0.15) is 44.6 Å². The Bertz CT molecular complexity index is 579. The molecule has 0 radical (unpaired) electrons. The van der Waals surface area contributed by atoms with Gasteiger partial charge in [-0.25, -0.2) is 13.6 Å². The maximum Gasteiger partial charge on any atom is 0.238 e. The van der Waals surface area contributed by atoms with Crippen LogP contribution in [0.15, 0.2) is 23.1 Å². The van der Waals surface area contributed by atoms with Crippen LogP contribution < -0.4 is 9.88 Å². The molecule has 1 aromatic rings. The number of benzene rings is 1. The second-order valence-electron chi connectivity index (χ2n) is 5.50. The second kappa shape index (κ2) is 6.77. The number of sulfonamides is 1. The summed E-state index contributed by atoms with van der Waals surface area (Å²) in [5.74, 6) is 0.915. The quantitative estimate of drug-likeness (QED) is 0.874. The van der Waals surface area contributed by atoms with Crippen LogP contribution in [0, 0.1) is 0 Å². The number of primary sulfonamides is 1. The Morgan fingerprint density at radius 2 is 2.24 bits per heavy atom. The minimum Gasteiger partial charge on any atom is -0.491 e. The van der Waals surface area contributed by atoms with Crippen LogP contribution in [-0.2, 0) is 14.8 Å². The molecule has 1 aliphatic heterocycles. The highest BCUT2D eigenvalue weighted by molar-refractivity contribution is 7.89. The molecule has 0 saturated carbocycles. The summed E-state index contributed by atoms with van der Waals surface area (Å²) in [6, 6.07) is 4.80. The van der Waals surface area contributed by atoms with Gasteiger partial charge in [-0.3, -0.25) is 0 Å². The highest BCUT2D eigenvalue weighted by atomic mass is 32.2. The molecule has 2 N–H and O–H groups in total. The summed E-state index contributed by atoms with van der Waals surface area (Å²) in [5, 5.41) is 5.20. The molecule has 0 amide bonds. The first-order valence-electron chi connectivity index (χ1n) is 7.33. The van der Waals surface area contributed by atoms with Gasteiger partial charge < -0.3 is 9.47 Å². The minimum atomic E-state index is -3.69. The van der Waals surface area contributed by atoms with Crippen molar-refractivity contribution in [1.82, 2.24) is 0 Å². The Morgan fingerprint density at radius 1 is 1.48 bits per heavy atom. The molecular weight excluding hydrogens is 290 g/mol. The molecule has 5 nitrogen and oxygen atoms in total. The van der Waals surface area contributed by atoms with Gasteiger partial charge in [0.25, 0.3) is 0 Å². The molecule has 0 aromatic heterocycles. The molecular formula is C15H23NO4S. The van der Waals surface area contributed by atoms with E-state index in [1.165, 1.54) is 6.07 Å². The zero-order valence-corrected chi connectivity index (χ0v) is 13.4. The molecule has 2 atom stereocenters. The van der Waals surface area contributed by atoms with Crippen LogP contribution in [-0.4, -0.2) is 27.7 Å². The smallest absolute Gasteiger partial charge is 0.238 e. The largest absolute Gasteiger partial charge is 0.491 e. The highest BCUT2D eigenvalue weighted by Crippen LogP contribution is 2.31. The number of hydrogen-bond donors (Lipinski definition) is 1. The van der Waals surface area contributed by atoms with Crippen molar-refractivity contribution >= 4 is 10.0 Å². The fourth-order valence-corrected chi connectivity index (χ4v) is 2.95. The van der Waals surface area contributed by atoms with E-state index in [1.807, 2.05) is 6.92 Å². The van der Waals surface area contributed by atoms with Gasteiger partial charge in [-0.05, 0) is 48.9 Å². The van der Waals surface area contributed by atoms with Crippen molar-refractivity contribution in [2.24, 2.45) is 5.14 Å². The molecule has 2 rings (SSSR count). The average Bonchev–Trinajstić information content (AvgIpc) is 2.96. The number of rotatable bonds is 6. The first-order valence-corrected chi connectivity index (χ1v) is 8.87. The van der Waals surface area contributed by atoms with Gasteiger partial charge in [0.2, 0.25) is 10.0 Å². The van der Waals surface area contributed by atoms with E-state index in [0.29, 0.717) is 12.4 Å². The average molecular weight is 313 g/mol. The van der Waals surface area contributed by atoms with Crippen molar-refractivity contribution in [3.8, 4) is 5.75 Å². The van der Waals surface area contributed by atoms with Gasteiger partial charge in [-0.15, -0.1) is 0 Å². The van der Waals surface area contributed by atoms with Crippen molar-refractivity contribution in [3.05, 3.63) is 23.8 Å². The number of ether oxygens (including phenoxy) is 2. The lowest BCUT2D eigenvalue weighted by Crippen LogP contribution is -2.18. The first-order chi connectivity index (χ1) is 9.91. The zero-order chi connectivity index (χ0) is 15.5. The van der Waals surface area contributed by atoms with Crippen LogP contribution in [0.5, 0.6) is 5.75 Å². The van der Waals surface area contributed by atoms with E-state index in [4.69, 9.17) is 14.6 Å². The third-order valence-electron chi connectivity index (χ3n) is 3.90. The molecule has 0 aliphatic carbocycles. The molecule has 1 saturated heterocycles. The molecule has 1 fully saturated rings. The fourth-order valence-electron chi connectivity index (χ4n) is 2.40. The van der Waals surface area contributed by atoms with Crippen LogP contribution in [0.25, 0.3) is 0 Å². The first kappa shape index (κ1) is 16.3. The molecule has 21 heavy (non-hydrogen) atoms. The Balaban J connectivity index is 2.22. The van der Waals surface area contributed by atoms with Gasteiger partial charge in [0, 0.05) is 6.61 Å². The highest BCUT2D eigenvalue weighted by Gasteiger charge is 2.19. The summed E-state index contributed by atoms with van der Waals surface area (Å²) in [7, 11) is -3.69. The maximum atomic E-state index is 11.5. The lowest BCUT2D eigenvalue weighted by atomic mass is 9.98. The molecule has 1 aliphatic rings. The minimum absolute atomic E-state index is 0.127. The lowest BCUT2D eigenvalue weighted by molar-refractivity contribution is 0.0675. The monoisotopic (exact) mass is 313 g/mol. The summed E-state index contributed by atoms with van der Waals surface area (Å²) in [6.45, 7) is 5.38. The van der Waals surface area contributed by atoms with Gasteiger partial charge in [0.05, 0.1) is 11.0 Å². The van der Waals surface area contributed by atoms with Gasteiger partial charge >= 0.3 is 0 Å². The van der Waals surface area contributed by atoms with E-state index in [9.17, 15) is 8.42 Å². The lowest BCUT2D eigenvalue weighted by Gasteiger charge is -2.18. The van der Waals surface area contributed by atoms with Crippen molar-refractivity contribution in [2.75, 3.05) is 13.2 Å². The predicted octanol–water partition coefficient (Wildman–Crippen LogP) is 2.41. The van der Waals surface area contributed by atoms with Crippen LogP contribution >= 0.6 is 0 Å². The predicted molar refractivity (Wildman–Crippen MR) is 81.0 cm³/mol. The molecule has 0 spiro atoms. The van der Waals surface area contributed by atoms with E-state index in [1.54, 1.807) is 12.1 Å². The molecule has 6 heteroatoms. The number of nitrogens with two attached hydrogens (primary N) is 1. The molecule has 118 valence electrons. The van der Waals surface area contributed by atoms with Crippen molar-refractivity contribution in [2.45, 2.75) is 50.0 Å². The van der Waals surface area contributed by atoms with Crippen molar-refractivity contribution in [1.29, 1.82) is 0 Å². The summed E-state index contributed by atoms with van der Waals surface area (Å²) in [6.07, 6.45) is 3.10. The van der Waals surface area contributed by atoms with Crippen LogP contribution in [0.2, 0.25) is 0 Å². The standard InChI is InChI=1S/C15H23NO4S/c1-3-11(2)14-9-13(21(16,17)18)6-7-15(14)20-10-12-5-4-8-19-12/h6-7,9,11-12H,3-5,8,10H2,1-2H3,(H2,16,17,18). The Kier molecular flexibility index (Phi) is 5.24. The van der Waals surface area contributed by atoms with Gasteiger partial charge in [0.15, 0.2) is 0 Å². The topological polar surface area (TPSA) is 78.6 Å². The van der Waals surface area contributed by atoms with E-state index >= 15 is 0 Å². The van der Waals surface area contributed by atoms with E-state index < -0.39 is 10.0 Å². The summed E-state index contributed by atoms with van der Waals surface area (Å²) >= 11 is 0. The molecule has 0 bridgehead atoms. The Hall–Kier alpha value is -1.11. The van der Waals surface area contributed by atoms with Gasteiger partial charge in [-0.2, -0.15) is 0 Å². The third kappa shape index (κ3) is 4.18. The van der Waals surface area contributed by atoms with Gasteiger partial charge in [0.1, 0.15) is 12.4 Å². The molecule has 1 aromatic carbocycles. The molecule has 1 heterocycles. The van der Waals surface area contributed by atoms with E-state index in [0.717, 1.165) is 31.4 Å². The summed E-state index contributed by atoms with van der Waals surface area (Å²) in [4.78, 5) is 0.127. The van der Waals surface area contributed by atoms with E-state index in [-0.39, 0.29) is 16.9 Å². The van der Waals surface area contributed by atoms with Crippen LogP contribution in [0.4, 0.5) is 0 Å². The fraction of sp³-hybridized carbons (Fsp3) is 0.600. The Morgan fingerprint density at radius 3 is 2.81 bits per heavy atom. The summed E-state index contributed by atoms with van der Waals surface area (Å²) < 4.78 is 34.4. The maximum absolute atomic E-state index is 11.5. The van der Waals surface area contributed by atoms with Crippen LogP contribution in [0.3, 0.4) is 0 Å². The normalized spacial score (nSPS) is 20.4.